The molecular formula is C31H45N3O5. The Labute approximate surface area is 233 Å². The molecule has 0 radical (unpaired) electrons. The number of anilines is 1. The summed E-state index contributed by atoms with van der Waals surface area (Å²) in [6.07, 6.45) is 0.231. The van der Waals surface area contributed by atoms with Crippen molar-refractivity contribution in [1.82, 2.24) is 10.2 Å². The van der Waals surface area contributed by atoms with Crippen molar-refractivity contribution in [1.29, 1.82) is 0 Å². The first-order valence-electron chi connectivity index (χ1n) is 13.6. The van der Waals surface area contributed by atoms with Crippen LogP contribution in [0.5, 0.6) is 5.75 Å². The molecule has 3 atom stereocenters. The average Bonchev–Trinajstić information content (AvgIpc) is 2.82. The quantitative estimate of drug-likeness (QED) is 0.330. The molecule has 0 aliphatic rings. The van der Waals surface area contributed by atoms with Gasteiger partial charge in [-0.15, -0.1) is 0 Å². The number of hydrogen-bond acceptors (Lipinski definition) is 5. The van der Waals surface area contributed by atoms with Gasteiger partial charge in [0.15, 0.2) is 0 Å². The molecule has 0 bridgehead atoms. The van der Waals surface area contributed by atoms with E-state index >= 15 is 0 Å². The molecule has 0 saturated carbocycles. The molecule has 0 aliphatic heterocycles. The molecule has 39 heavy (non-hydrogen) atoms. The number of nitrogens with zero attached hydrogens (tertiary/aromatic N) is 1. The maximum Gasteiger partial charge on any atom is 0.408 e. The Balaban J connectivity index is 2.61. The zero-order valence-corrected chi connectivity index (χ0v) is 24.8. The molecule has 2 aromatic rings. The number of carbonyl (C=O) groups is 3. The molecule has 0 heterocycles. The van der Waals surface area contributed by atoms with Gasteiger partial charge in [-0.2, -0.15) is 0 Å². The fraction of sp³-hybridized carbons (Fsp3) is 0.516. The van der Waals surface area contributed by atoms with Crippen LogP contribution >= 0.6 is 0 Å². The van der Waals surface area contributed by atoms with Crippen molar-refractivity contribution in [2.24, 2.45) is 5.92 Å². The molecule has 2 rings (SSSR count). The SMILES string of the molecule is CCC(C)N(C(=O)C(CC(C)C)NC(=O)OC(C)(C)C)C(C(=O)Nc1c(C)cccc1C)c1cccc(O)c1. The maximum absolute atomic E-state index is 14.3. The van der Waals surface area contributed by atoms with E-state index in [-0.39, 0.29) is 17.7 Å². The van der Waals surface area contributed by atoms with Crippen LogP contribution in [0.3, 0.4) is 0 Å². The van der Waals surface area contributed by atoms with Gasteiger partial charge in [0.2, 0.25) is 5.91 Å². The highest BCUT2D eigenvalue weighted by Crippen LogP contribution is 2.31. The topological polar surface area (TPSA) is 108 Å². The summed E-state index contributed by atoms with van der Waals surface area (Å²) in [5.41, 5.74) is 2.19. The highest BCUT2D eigenvalue weighted by molar-refractivity contribution is 6.00. The largest absolute Gasteiger partial charge is 0.508 e. The predicted molar refractivity (Wildman–Crippen MR) is 155 cm³/mol. The van der Waals surface area contributed by atoms with E-state index < -0.39 is 35.6 Å². The molecule has 0 fully saturated rings. The summed E-state index contributed by atoms with van der Waals surface area (Å²) < 4.78 is 5.45. The van der Waals surface area contributed by atoms with Crippen molar-refractivity contribution in [2.75, 3.05) is 5.32 Å². The van der Waals surface area contributed by atoms with E-state index in [4.69, 9.17) is 4.74 Å². The fourth-order valence-corrected chi connectivity index (χ4v) is 4.45. The second-order valence-corrected chi connectivity index (χ2v) is 11.6. The van der Waals surface area contributed by atoms with Gasteiger partial charge in [0, 0.05) is 11.7 Å². The number of amides is 3. The zero-order chi connectivity index (χ0) is 29.5. The zero-order valence-electron chi connectivity index (χ0n) is 24.8. The second kappa shape index (κ2) is 13.5. The summed E-state index contributed by atoms with van der Waals surface area (Å²) in [7, 11) is 0. The van der Waals surface area contributed by atoms with Crippen LogP contribution in [0.1, 0.15) is 84.0 Å². The van der Waals surface area contributed by atoms with Crippen LogP contribution in [-0.4, -0.2) is 45.6 Å². The minimum absolute atomic E-state index is 0.0143. The minimum atomic E-state index is -1.06. The molecule has 0 spiro atoms. The summed E-state index contributed by atoms with van der Waals surface area (Å²) in [5, 5.41) is 16.1. The Hall–Kier alpha value is -3.55. The van der Waals surface area contributed by atoms with E-state index in [1.165, 1.54) is 17.0 Å². The summed E-state index contributed by atoms with van der Waals surface area (Å²) in [6, 6.07) is 9.78. The van der Waals surface area contributed by atoms with E-state index in [0.717, 1.165) is 11.1 Å². The van der Waals surface area contributed by atoms with Crippen molar-refractivity contribution < 1.29 is 24.2 Å². The van der Waals surface area contributed by atoms with Gasteiger partial charge in [-0.1, -0.05) is 51.1 Å². The first kappa shape index (κ1) is 31.7. The second-order valence-electron chi connectivity index (χ2n) is 11.6. The number of rotatable bonds is 10. The lowest BCUT2D eigenvalue weighted by Gasteiger charge is -2.38. The van der Waals surface area contributed by atoms with Crippen molar-refractivity contribution in [2.45, 2.75) is 98.9 Å². The Morgan fingerprint density at radius 2 is 1.59 bits per heavy atom. The Morgan fingerprint density at radius 1 is 1.00 bits per heavy atom. The van der Waals surface area contributed by atoms with Crippen LogP contribution in [0, 0.1) is 19.8 Å². The number of phenolic OH excluding ortho intramolecular Hbond substituents is 1. The van der Waals surface area contributed by atoms with Gasteiger partial charge >= 0.3 is 6.09 Å². The van der Waals surface area contributed by atoms with Crippen LogP contribution in [0.25, 0.3) is 0 Å². The van der Waals surface area contributed by atoms with Gasteiger partial charge < -0.3 is 25.4 Å². The van der Waals surface area contributed by atoms with E-state index in [0.29, 0.717) is 24.1 Å². The maximum atomic E-state index is 14.3. The molecular weight excluding hydrogens is 494 g/mol. The molecule has 214 valence electrons. The molecule has 0 aliphatic carbocycles. The third kappa shape index (κ3) is 9.01. The van der Waals surface area contributed by atoms with Crippen LogP contribution in [0.2, 0.25) is 0 Å². The molecule has 8 nitrogen and oxygen atoms in total. The number of hydrogen-bond donors (Lipinski definition) is 3. The van der Waals surface area contributed by atoms with Crippen LogP contribution in [0.15, 0.2) is 42.5 Å². The number of phenols is 1. The van der Waals surface area contributed by atoms with E-state index in [2.05, 4.69) is 10.6 Å². The van der Waals surface area contributed by atoms with Gasteiger partial charge in [-0.3, -0.25) is 9.59 Å². The highest BCUT2D eigenvalue weighted by Gasteiger charge is 2.39. The molecule has 3 unspecified atom stereocenters. The van der Waals surface area contributed by atoms with Crippen LogP contribution in [-0.2, 0) is 14.3 Å². The summed E-state index contributed by atoms with van der Waals surface area (Å²) in [5.74, 6) is -0.740. The summed E-state index contributed by atoms with van der Waals surface area (Å²) >= 11 is 0. The molecule has 0 aromatic heterocycles. The molecule has 0 saturated heterocycles. The number of para-hydroxylation sites is 1. The number of benzene rings is 2. The average molecular weight is 540 g/mol. The van der Waals surface area contributed by atoms with Gasteiger partial charge in [-0.05, 0) is 89.1 Å². The monoisotopic (exact) mass is 539 g/mol. The summed E-state index contributed by atoms with van der Waals surface area (Å²) in [4.78, 5) is 42.6. The van der Waals surface area contributed by atoms with E-state index in [9.17, 15) is 19.5 Å². The standard InChI is InChI=1S/C31H45N3O5/c1-10-22(6)34(29(37)25(17-19(2)3)32-30(38)39-31(7,8)9)27(23-15-12-16-24(35)18-23)28(36)33-26-20(4)13-11-14-21(26)5/h11-16,18-19,22,25,27,35H,10,17H2,1-9H3,(H,32,38)(H,33,36). The van der Waals surface area contributed by atoms with Gasteiger partial charge in [0.05, 0.1) is 0 Å². The van der Waals surface area contributed by atoms with E-state index in [1.807, 2.05) is 59.7 Å². The lowest BCUT2D eigenvalue weighted by Crippen LogP contribution is -2.55. The fourth-order valence-electron chi connectivity index (χ4n) is 4.45. The number of aryl methyl sites for hydroxylation is 2. The lowest BCUT2D eigenvalue weighted by molar-refractivity contribution is -0.143. The van der Waals surface area contributed by atoms with Crippen molar-refractivity contribution in [3.05, 3.63) is 59.2 Å². The Kier molecular flexibility index (Phi) is 11.0. The third-order valence-corrected chi connectivity index (χ3v) is 6.46. The van der Waals surface area contributed by atoms with Crippen molar-refractivity contribution in [3.8, 4) is 5.75 Å². The Bertz CT molecular complexity index is 1130. The third-order valence-electron chi connectivity index (χ3n) is 6.46. The first-order valence-corrected chi connectivity index (χ1v) is 13.6. The number of ether oxygens (including phenoxy) is 1. The predicted octanol–water partition coefficient (Wildman–Crippen LogP) is 6.26. The van der Waals surface area contributed by atoms with Gasteiger partial charge in [-0.25, -0.2) is 4.79 Å². The van der Waals surface area contributed by atoms with Crippen molar-refractivity contribution >= 4 is 23.6 Å². The number of aromatic hydroxyl groups is 1. The van der Waals surface area contributed by atoms with Crippen LogP contribution < -0.4 is 10.6 Å². The van der Waals surface area contributed by atoms with E-state index in [1.54, 1.807) is 32.9 Å². The highest BCUT2D eigenvalue weighted by atomic mass is 16.6. The van der Waals surface area contributed by atoms with Crippen molar-refractivity contribution in [3.63, 3.8) is 0 Å². The minimum Gasteiger partial charge on any atom is -0.508 e. The lowest BCUT2D eigenvalue weighted by atomic mass is 9.96. The number of carbonyl (C=O) groups excluding carboxylic acids is 3. The van der Waals surface area contributed by atoms with Gasteiger partial charge in [0.25, 0.3) is 5.91 Å². The molecule has 2 aromatic carbocycles. The molecule has 8 heteroatoms. The normalized spacial score (nSPS) is 13.8. The first-order chi connectivity index (χ1) is 18.1. The number of nitrogens with one attached hydrogen (secondary N) is 2. The Morgan fingerprint density at radius 3 is 2.10 bits per heavy atom. The number of alkyl carbamates (subject to hydrolysis) is 1. The molecule has 3 N–H and O–H groups in total. The van der Waals surface area contributed by atoms with Gasteiger partial charge in [0.1, 0.15) is 23.4 Å². The van der Waals surface area contributed by atoms with Crippen LogP contribution in [0.4, 0.5) is 10.5 Å². The molecule has 3 amide bonds. The smallest absolute Gasteiger partial charge is 0.408 e. The summed E-state index contributed by atoms with van der Waals surface area (Å²) in [6.45, 7) is 16.8.